The third kappa shape index (κ3) is 2.20. The van der Waals surface area contributed by atoms with Gasteiger partial charge in [0.25, 0.3) is 0 Å². The summed E-state index contributed by atoms with van der Waals surface area (Å²) < 4.78 is 38.5. The standard InChI is InChI=1S/C12H6ClF3N4/c13-8-3-6(14)1-2-7(8)9-4-17-11-10(18-9)5-20(19-11)12(15)16/h1-5,12H. The number of benzene rings is 1. The maximum Gasteiger partial charge on any atom is 0.333 e. The van der Waals surface area contributed by atoms with Gasteiger partial charge in [-0.1, -0.05) is 11.6 Å². The number of fused-ring (bicyclic) bond motifs is 1. The predicted molar refractivity (Wildman–Crippen MR) is 67.0 cm³/mol. The number of hydrogen-bond acceptors (Lipinski definition) is 3. The first-order chi connectivity index (χ1) is 9.54. The molecule has 102 valence electrons. The van der Waals surface area contributed by atoms with Gasteiger partial charge in [-0.3, -0.25) is 0 Å². The molecule has 0 aliphatic heterocycles. The summed E-state index contributed by atoms with van der Waals surface area (Å²) in [5.41, 5.74) is 1.14. The van der Waals surface area contributed by atoms with Gasteiger partial charge < -0.3 is 0 Å². The van der Waals surface area contributed by atoms with E-state index in [2.05, 4.69) is 15.1 Å². The van der Waals surface area contributed by atoms with Crippen molar-refractivity contribution in [3.05, 3.63) is 41.4 Å². The zero-order valence-electron chi connectivity index (χ0n) is 9.76. The lowest BCUT2D eigenvalue weighted by Gasteiger charge is -2.02. The lowest BCUT2D eigenvalue weighted by Crippen LogP contribution is -1.97. The second-order valence-corrected chi connectivity index (χ2v) is 4.38. The van der Waals surface area contributed by atoms with Gasteiger partial charge in [0.2, 0.25) is 0 Å². The molecule has 0 fully saturated rings. The summed E-state index contributed by atoms with van der Waals surface area (Å²) >= 11 is 5.92. The van der Waals surface area contributed by atoms with E-state index >= 15 is 0 Å². The number of nitrogens with zero attached hydrogens (tertiary/aromatic N) is 4. The maximum absolute atomic E-state index is 13.0. The Balaban J connectivity index is 2.12. The molecule has 0 spiro atoms. The maximum atomic E-state index is 13.0. The lowest BCUT2D eigenvalue weighted by atomic mass is 10.1. The quantitative estimate of drug-likeness (QED) is 0.725. The molecule has 4 nitrogen and oxygen atoms in total. The van der Waals surface area contributed by atoms with Crippen molar-refractivity contribution < 1.29 is 13.2 Å². The summed E-state index contributed by atoms with van der Waals surface area (Å²) in [5, 5.41) is 3.75. The second-order valence-electron chi connectivity index (χ2n) is 3.98. The summed E-state index contributed by atoms with van der Waals surface area (Å²) in [4.78, 5) is 8.10. The number of hydrogen-bond donors (Lipinski definition) is 0. The first-order valence-electron chi connectivity index (χ1n) is 5.50. The van der Waals surface area contributed by atoms with Crippen molar-refractivity contribution in [2.24, 2.45) is 0 Å². The fourth-order valence-corrected chi connectivity index (χ4v) is 2.02. The zero-order valence-corrected chi connectivity index (χ0v) is 10.5. The highest BCUT2D eigenvalue weighted by Gasteiger charge is 2.13. The van der Waals surface area contributed by atoms with Gasteiger partial charge in [-0.2, -0.15) is 8.78 Å². The van der Waals surface area contributed by atoms with Crippen LogP contribution in [0.4, 0.5) is 13.2 Å². The fourth-order valence-electron chi connectivity index (χ4n) is 1.75. The fraction of sp³-hybridized carbons (Fsp3) is 0.0833. The topological polar surface area (TPSA) is 43.6 Å². The molecule has 0 radical (unpaired) electrons. The minimum atomic E-state index is -2.76. The van der Waals surface area contributed by atoms with E-state index in [-0.39, 0.29) is 16.2 Å². The molecule has 2 aromatic heterocycles. The highest BCUT2D eigenvalue weighted by molar-refractivity contribution is 6.33. The predicted octanol–water partition coefficient (Wildman–Crippen LogP) is 3.68. The summed E-state index contributed by atoms with van der Waals surface area (Å²) in [6, 6.07) is 3.83. The molecule has 0 saturated carbocycles. The van der Waals surface area contributed by atoms with Crippen molar-refractivity contribution in [2.45, 2.75) is 6.55 Å². The Kier molecular flexibility index (Phi) is 3.06. The molecule has 2 heterocycles. The molecular formula is C12H6ClF3N4. The summed E-state index contributed by atoms with van der Waals surface area (Å²) in [5.74, 6) is -0.474. The van der Waals surface area contributed by atoms with Crippen LogP contribution in [0.15, 0.2) is 30.6 Å². The molecule has 0 saturated heterocycles. The normalized spacial score (nSPS) is 11.4. The van der Waals surface area contributed by atoms with Crippen LogP contribution in [0, 0.1) is 5.82 Å². The van der Waals surface area contributed by atoms with Crippen LogP contribution in [0.3, 0.4) is 0 Å². The van der Waals surface area contributed by atoms with Crippen molar-refractivity contribution in [1.82, 2.24) is 19.7 Å². The molecular weight excluding hydrogens is 293 g/mol. The van der Waals surface area contributed by atoms with Crippen LogP contribution in [0.2, 0.25) is 5.02 Å². The van der Waals surface area contributed by atoms with Crippen molar-refractivity contribution in [3.63, 3.8) is 0 Å². The highest BCUT2D eigenvalue weighted by Crippen LogP contribution is 2.27. The molecule has 3 aromatic rings. The van der Waals surface area contributed by atoms with E-state index in [0.29, 0.717) is 15.9 Å². The minimum Gasteiger partial charge on any atom is -0.241 e. The first-order valence-corrected chi connectivity index (χ1v) is 5.88. The molecule has 0 N–H and O–H groups in total. The van der Waals surface area contributed by atoms with Gasteiger partial charge in [0.05, 0.1) is 23.1 Å². The van der Waals surface area contributed by atoms with Crippen LogP contribution in [0.25, 0.3) is 22.4 Å². The average molecular weight is 299 g/mol. The Morgan fingerprint density at radius 3 is 2.75 bits per heavy atom. The Bertz CT molecular complexity index is 787. The van der Waals surface area contributed by atoms with Gasteiger partial charge in [0, 0.05) is 5.56 Å². The van der Waals surface area contributed by atoms with Crippen LogP contribution in [-0.2, 0) is 0 Å². The summed E-state index contributed by atoms with van der Waals surface area (Å²) in [6.07, 6.45) is 2.44. The van der Waals surface area contributed by atoms with Crippen LogP contribution in [0.1, 0.15) is 6.55 Å². The molecule has 0 atom stereocenters. The van der Waals surface area contributed by atoms with Gasteiger partial charge >= 0.3 is 6.55 Å². The van der Waals surface area contributed by atoms with E-state index in [1.807, 2.05) is 0 Å². The zero-order chi connectivity index (χ0) is 14.3. The highest BCUT2D eigenvalue weighted by atomic mass is 35.5. The molecule has 20 heavy (non-hydrogen) atoms. The number of aromatic nitrogens is 4. The molecule has 0 unspecified atom stereocenters. The average Bonchev–Trinajstić information content (AvgIpc) is 2.81. The largest absolute Gasteiger partial charge is 0.333 e. The molecule has 8 heteroatoms. The van der Waals surface area contributed by atoms with Gasteiger partial charge in [-0.05, 0) is 18.2 Å². The summed E-state index contributed by atoms with van der Waals surface area (Å²) in [6.45, 7) is -2.76. The molecule has 0 bridgehead atoms. The molecule has 0 amide bonds. The third-order valence-corrected chi connectivity index (χ3v) is 2.96. The van der Waals surface area contributed by atoms with Gasteiger partial charge in [-0.15, -0.1) is 5.10 Å². The minimum absolute atomic E-state index is 0.104. The van der Waals surface area contributed by atoms with Crippen molar-refractivity contribution in [3.8, 4) is 11.3 Å². The second kappa shape index (κ2) is 4.75. The number of halogens is 4. The van der Waals surface area contributed by atoms with Crippen molar-refractivity contribution >= 4 is 22.8 Å². The Morgan fingerprint density at radius 2 is 2.05 bits per heavy atom. The molecule has 0 aliphatic rings. The van der Waals surface area contributed by atoms with Crippen LogP contribution < -0.4 is 0 Å². The molecule has 0 aliphatic carbocycles. The van der Waals surface area contributed by atoms with Gasteiger partial charge in [-0.25, -0.2) is 19.0 Å². The molecule has 3 rings (SSSR count). The van der Waals surface area contributed by atoms with E-state index in [1.54, 1.807) is 0 Å². The smallest absolute Gasteiger partial charge is 0.241 e. The Morgan fingerprint density at radius 1 is 1.25 bits per heavy atom. The van der Waals surface area contributed by atoms with Gasteiger partial charge in [0.15, 0.2) is 5.65 Å². The lowest BCUT2D eigenvalue weighted by molar-refractivity contribution is 0.0572. The SMILES string of the molecule is Fc1ccc(-c2cnc3nn(C(F)F)cc3n2)c(Cl)c1. The van der Waals surface area contributed by atoms with Crippen molar-refractivity contribution in [1.29, 1.82) is 0 Å². The molecule has 1 aromatic carbocycles. The van der Waals surface area contributed by atoms with Crippen LogP contribution in [0.5, 0.6) is 0 Å². The van der Waals surface area contributed by atoms with Crippen molar-refractivity contribution in [2.75, 3.05) is 0 Å². The first kappa shape index (κ1) is 12.9. The van der Waals surface area contributed by atoms with Gasteiger partial charge in [0.1, 0.15) is 11.3 Å². The third-order valence-electron chi connectivity index (χ3n) is 2.65. The number of alkyl halides is 2. The van der Waals surface area contributed by atoms with Crippen LogP contribution >= 0.6 is 11.6 Å². The van der Waals surface area contributed by atoms with E-state index in [9.17, 15) is 13.2 Å². The Hall–Kier alpha value is -2.15. The summed E-state index contributed by atoms with van der Waals surface area (Å²) in [7, 11) is 0. The number of rotatable bonds is 2. The van der Waals surface area contributed by atoms with E-state index < -0.39 is 12.4 Å². The Labute approximate surface area is 115 Å². The van der Waals surface area contributed by atoms with E-state index in [0.717, 1.165) is 12.3 Å². The monoisotopic (exact) mass is 298 g/mol. The van der Waals surface area contributed by atoms with Crippen LogP contribution in [-0.4, -0.2) is 19.7 Å². The van der Waals surface area contributed by atoms with E-state index in [4.69, 9.17) is 11.6 Å². The van der Waals surface area contributed by atoms with E-state index in [1.165, 1.54) is 18.3 Å².